The van der Waals surface area contributed by atoms with Gasteiger partial charge in [-0.05, 0) is 54.4 Å². The zero-order chi connectivity index (χ0) is 18.3. The molecule has 1 fully saturated rings. The molecule has 1 saturated heterocycles. The number of hydrogen-bond donors (Lipinski definition) is 1. The molecule has 2 aromatic carbocycles. The molecular weight excluding hydrogens is 376 g/mol. The Kier molecular flexibility index (Phi) is 4.28. The summed E-state index contributed by atoms with van der Waals surface area (Å²) in [6, 6.07) is 12.1. The zero-order valence-electron chi connectivity index (χ0n) is 13.8. The number of halogens is 1. The fourth-order valence-electron chi connectivity index (χ4n) is 3.23. The van der Waals surface area contributed by atoms with Crippen molar-refractivity contribution in [2.45, 2.75) is 18.9 Å². The van der Waals surface area contributed by atoms with Gasteiger partial charge in [-0.25, -0.2) is 8.42 Å². The van der Waals surface area contributed by atoms with Gasteiger partial charge < -0.3 is 10.1 Å². The molecule has 0 aromatic heterocycles. The molecule has 136 valence electrons. The Morgan fingerprint density at radius 2 is 1.96 bits per heavy atom. The zero-order valence-corrected chi connectivity index (χ0v) is 15.4. The molecule has 26 heavy (non-hydrogen) atoms. The van der Waals surface area contributed by atoms with Crippen LogP contribution < -0.4 is 14.4 Å². The maximum Gasteiger partial charge on any atom is 0.265 e. The molecule has 0 radical (unpaired) electrons. The number of nitrogens with zero attached hydrogens (tertiary/aromatic N) is 1. The number of fused-ring (bicyclic) bond motifs is 1. The van der Waals surface area contributed by atoms with Crippen LogP contribution in [0.1, 0.15) is 12.0 Å². The molecule has 0 aliphatic carbocycles. The van der Waals surface area contributed by atoms with Crippen molar-refractivity contribution in [2.75, 3.05) is 21.9 Å². The fourth-order valence-corrected chi connectivity index (χ4v) is 4.99. The van der Waals surface area contributed by atoms with Crippen molar-refractivity contribution in [1.82, 2.24) is 0 Å². The van der Waals surface area contributed by atoms with Crippen LogP contribution in [0.25, 0.3) is 0 Å². The van der Waals surface area contributed by atoms with Crippen LogP contribution in [0.2, 0.25) is 5.02 Å². The van der Waals surface area contributed by atoms with Gasteiger partial charge in [-0.2, -0.15) is 0 Å². The Morgan fingerprint density at radius 1 is 1.19 bits per heavy atom. The normalized spacial score (nSPS) is 20.5. The minimum absolute atomic E-state index is 0.176. The lowest BCUT2D eigenvalue weighted by Gasteiger charge is -2.17. The highest BCUT2D eigenvalue weighted by Gasteiger charge is 2.30. The molecule has 0 saturated carbocycles. The van der Waals surface area contributed by atoms with Crippen molar-refractivity contribution < 1.29 is 17.9 Å². The quantitative estimate of drug-likeness (QED) is 0.871. The van der Waals surface area contributed by atoms with Crippen LogP contribution in [-0.4, -0.2) is 32.7 Å². The predicted molar refractivity (Wildman–Crippen MR) is 100 cm³/mol. The summed E-state index contributed by atoms with van der Waals surface area (Å²) in [5.74, 6) is 0.595. The minimum atomic E-state index is -3.21. The molecule has 1 amide bonds. The van der Waals surface area contributed by atoms with Crippen molar-refractivity contribution in [3.63, 3.8) is 0 Å². The number of carbonyl (C=O) groups excluding carboxylic acids is 1. The van der Waals surface area contributed by atoms with Crippen LogP contribution in [0.4, 0.5) is 11.4 Å². The van der Waals surface area contributed by atoms with Crippen molar-refractivity contribution >= 4 is 38.9 Å². The van der Waals surface area contributed by atoms with Gasteiger partial charge in [-0.3, -0.25) is 9.10 Å². The van der Waals surface area contributed by atoms with E-state index >= 15 is 0 Å². The van der Waals surface area contributed by atoms with Crippen molar-refractivity contribution in [2.24, 2.45) is 0 Å². The highest BCUT2D eigenvalue weighted by molar-refractivity contribution is 7.93. The number of nitrogens with one attached hydrogen (secondary N) is 1. The van der Waals surface area contributed by atoms with E-state index in [0.717, 1.165) is 5.56 Å². The van der Waals surface area contributed by atoms with Gasteiger partial charge in [0.1, 0.15) is 5.75 Å². The average Bonchev–Trinajstić information content (AvgIpc) is 3.18. The standard InChI is InChI=1S/C18H17ClN2O4S/c19-13-2-7-16-12(10-13)11-17(25-16)18(22)20-14-3-5-15(6-4-14)21-8-1-9-26(21,23)24/h2-7,10,17H,1,8-9,11H2,(H,20,22)/t17-/m0/s1. The molecule has 6 nitrogen and oxygen atoms in total. The lowest BCUT2D eigenvalue weighted by molar-refractivity contribution is -0.122. The van der Waals surface area contributed by atoms with E-state index < -0.39 is 16.1 Å². The van der Waals surface area contributed by atoms with Gasteiger partial charge in [0.15, 0.2) is 6.10 Å². The van der Waals surface area contributed by atoms with Gasteiger partial charge in [0.25, 0.3) is 5.91 Å². The lowest BCUT2D eigenvalue weighted by Crippen LogP contribution is -2.31. The first-order valence-corrected chi connectivity index (χ1v) is 10.3. The SMILES string of the molecule is O=C(Nc1ccc(N2CCCS2(=O)=O)cc1)[C@@H]1Cc2cc(Cl)ccc2O1. The molecule has 2 aliphatic heterocycles. The predicted octanol–water partition coefficient (Wildman–Crippen LogP) is 2.82. The summed E-state index contributed by atoms with van der Waals surface area (Å²) >= 11 is 5.97. The number of anilines is 2. The third-order valence-electron chi connectivity index (χ3n) is 4.51. The average molecular weight is 393 g/mol. The largest absolute Gasteiger partial charge is 0.480 e. The molecule has 8 heteroatoms. The summed E-state index contributed by atoms with van der Waals surface area (Å²) in [6.45, 7) is 0.491. The number of hydrogen-bond acceptors (Lipinski definition) is 4. The van der Waals surface area contributed by atoms with E-state index in [9.17, 15) is 13.2 Å². The highest BCUT2D eigenvalue weighted by atomic mass is 35.5. The molecule has 4 rings (SSSR count). The summed E-state index contributed by atoms with van der Waals surface area (Å²) in [5.41, 5.74) is 2.11. The first-order chi connectivity index (χ1) is 12.4. The Labute approximate surface area is 156 Å². The molecule has 2 heterocycles. The Bertz CT molecular complexity index is 960. The van der Waals surface area contributed by atoms with E-state index in [1.165, 1.54) is 4.31 Å². The second-order valence-corrected chi connectivity index (χ2v) is 8.79. The van der Waals surface area contributed by atoms with Gasteiger partial charge in [0.2, 0.25) is 10.0 Å². The van der Waals surface area contributed by atoms with Crippen LogP contribution in [0.5, 0.6) is 5.75 Å². The molecule has 0 unspecified atom stereocenters. The van der Waals surface area contributed by atoms with Crippen LogP contribution >= 0.6 is 11.6 Å². The van der Waals surface area contributed by atoms with E-state index in [1.807, 2.05) is 0 Å². The number of amides is 1. The molecule has 2 aliphatic rings. The first-order valence-electron chi connectivity index (χ1n) is 8.29. The van der Waals surface area contributed by atoms with E-state index in [0.29, 0.717) is 41.5 Å². The van der Waals surface area contributed by atoms with Gasteiger partial charge in [0.05, 0.1) is 11.4 Å². The van der Waals surface area contributed by atoms with E-state index in [-0.39, 0.29) is 11.7 Å². The number of benzene rings is 2. The number of rotatable bonds is 3. The Balaban J connectivity index is 1.43. The third kappa shape index (κ3) is 3.24. The third-order valence-corrected chi connectivity index (χ3v) is 6.62. The smallest absolute Gasteiger partial charge is 0.265 e. The van der Waals surface area contributed by atoms with E-state index in [1.54, 1.807) is 42.5 Å². The first kappa shape index (κ1) is 17.2. The van der Waals surface area contributed by atoms with Crippen LogP contribution in [0, 0.1) is 0 Å². The molecule has 1 N–H and O–H groups in total. The van der Waals surface area contributed by atoms with Crippen molar-refractivity contribution in [3.05, 3.63) is 53.1 Å². The highest BCUT2D eigenvalue weighted by Crippen LogP contribution is 2.32. The van der Waals surface area contributed by atoms with Crippen molar-refractivity contribution in [1.29, 1.82) is 0 Å². The molecular formula is C18H17ClN2O4S. The summed E-state index contributed by atoms with van der Waals surface area (Å²) in [4.78, 5) is 12.4. The lowest BCUT2D eigenvalue weighted by atomic mass is 10.1. The van der Waals surface area contributed by atoms with Gasteiger partial charge >= 0.3 is 0 Å². The van der Waals surface area contributed by atoms with Gasteiger partial charge in [0, 0.05) is 23.7 Å². The van der Waals surface area contributed by atoms with Gasteiger partial charge in [-0.15, -0.1) is 0 Å². The maximum atomic E-state index is 12.4. The number of ether oxygens (including phenoxy) is 1. The van der Waals surface area contributed by atoms with E-state index in [4.69, 9.17) is 16.3 Å². The molecule has 2 aromatic rings. The monoisotopic (exact) mass is 392 g/mol. The van der Waals surface area contributed by atoms with Crippen molar-refractivity contribution in [3.8, 4) is 5.75 Å². The fraction of sp³-hybridized carbons (Fsp3) is 0.278. The Hall–Kier alpha value is -2.25. The van der Waals surface area contributed by atoms with Crippen LogP contribution in [0.15, 0.2) is 42.5 Å². The summed E-state index contributed by atoms with van der Waals surface area (Å²) in [6.07, 6.45) is 0.484. The maximum absolute atomic E-state index is 12.4. The molecule has 0 bridgehead atoms. The van der Waals surface area contributed by atoms with Gasteiger partial charge in [-0.1, -0.05) is 11.6 Å². The number of sulfonamides is 1. The van der Waals surface area contributed by atoms with Crippen LogP contribution in [-0.2, 0) is 21.2 Å². The summed E-state index contributed by atoms with van der Waals surface area (Å²) in [7, 11) is -3.21. The topological polar surface area (TPSA) is 75.7 Å². The van der Waals surface area contributed by atoms with Crippen LogP contribution in [0.3, 0.4) is 0 Å². The second kappa shape index (κ2) is 6.48. The molecule has 0 spiro atoms. The molecule has 1 atom stereocenters. The second-order valence-electron chi connectivity index (χ2n) is 6.34. The summed E-state index contributed by atoms with van der Waals surface area (Å²) in [5, 5.41) is 3.42. The number of carbonyl (C=O) groups is 1. The summed E-state index contributed by atoms with van der Waals surface area (Å²) < 4.78 is 31.0. The Morgan fingerprint density at radius 3 is 2.65 bits per heavy atom. The minimum Gasteiger partial charge on any atom is -0.480 e. The van der Waals surface area contributed by atoms with E-state index in [2.05, 4.69) is 5.32 Å².